The predicted octanol–water partition coefficient (Wildman–Crippen LogP) is 6.12. The Bertz CT molecular complexity index is 1240. The minimum Gasteiger partial charge on any atom is -0.508 e. The van der Waals surface area contributed by atoms with Crippen LogP contribution in [0.15, 0.2) is 103 Å². The maximum atomic E-state index is 12.2. The molecule has 2 N–H and O–H groups in total. The second-order valence-corrected chi connectivity index (χ2v) is 7.59. The number of allylic oxidation sites excluding steroid dienone is 1. The van der Waals surface area contributed by atoms with Crippen LogP contribution < -0.4 is 9.47 Å². The number of aromatic hydroxyl groups is 2. The van der Waals surface area contributed by atoms with Crippen molar-refractivity contribution in [1.29, 1.82) is 0 Å². The molecule has 0 unspecified atom stereocenters. The first-order chi connectivity index (χ1) is 16.6. The van der Waals surface area contributed by atoms with Crippen molar-refractivity contribution in [3.63, 3.8) is 0 Å². The molecule has 0 aliphatic heterocycles. The Morgan fingerprint density at radius 2 is 1.24 bits per heavy atom. The molecule has 5 nitrogen and oxygen atoms in total. The van der Waals surface area contributed by atoms with E-state index in [1.165, 1.54) is 18.2 Å². The van der Waals surface area contributed by atoms with E-state index in [1.54, 1.807) is 18.2 Å². The van der Waals surface area contributed by atoms with Gasteiger partial charge < -0.3 is 19.7 Å². The highest BCUT2D eigenvalue weighted by atomic mass is 16.5. The molecule has 0 saturated heterocycles. The van der Waals surface area contributed by atoms with Gasteiger partial charge >= 0.3 is 0 Å². The number of carbonyl (C=O) groups excluding carboxylic acids is 1. The standard InChI is InChI=1S/C29H24O5/c30-25-18-26(31)20-28(19-25)34-17-16-33-27-13-11-23(12-14-27)22-9-6-21(7-10-22)8-15-29(32)24-4-2-1-3-5-24/h1-15,18-20,30-31H,16-17H2/b15-8+. The lowest BCUT2D eigenvalue weighted by atomic mass is 10.0. The van der Waals surface area contributed by atoms with Gasteiger partial charge in [0.1, 0.15) is 36.2 Å². The quantitative estimate of drug-likeness (QED) is 0.182. The molecule has 0 aliphatic carbocycles. The largest absolute Gasteiger partial charge is 0.508 e. The number of benzene rings is 4. The van der Waals surface area contributed by atoms with Crippen LogP contribution in [-0.2, 0) is 0 Å². The monoisotopic (exact) mass is 452 g/mol. The van der Waals surface area contributed by atoms with Crippen LogP contribution in [0.1, 0.15) is 15.9 Å². The van der Waals surface area contributed by atoms with Crippen molar-refractivity contribution in [3.05, 3.63) is 114 Å². The third-order valence-electron chi connectivity index (χ3n) is 5.08. The summed E-state index contributed by atoms with van der Waals surface area (Å²) in [6, 6.07) is 29.0. The smallest absolute Gasteiger partial charge is 0.185 e. The van der Waals surface area contributed by atoms with Crippen LogP contribution in [0.25, 0.3) is 17.2 Å². The number of phenolic OH excluding ortho intramolecular Hbond substituents is 2. The van der Waals surface area contributed by atoms with Crippen LogP contribution in [0.4, 0.5) is 0 Å². The van der Waals surface area contributed by atoms with Gasteiger partial charge in [-0.05, 0) is 34.9 Å². The Morgan fingerprint density at radius 3 is 1.85 bits per heavy atom. The molecular weight excluding hydrogens is 428 g/mol. The van der Waals surface area contributed by atoms with Crippen LogP contribution in [0.3, 0.4) is 0 Å². The molecule has 0 aliphatic rings. The van der Waals surface area contributed by atoms with Crippen molar-refractivity contribution in [2.75, 3.05) is 13.2 Å². The maximum Gasteiger partial charge on any atom is 0.185 e. The fourth-order valence-corrected chi connectivity index (χ4v) is 3.37. The SMILES string of the molecule is O=C(/C=C/c1ccc(-c2ccc(OCCOc3cc(O)cc(O)c3)cc2)cc1)c1ccccc1. The van der Waals surface area contributed by atoms with Crippen molar-refractivity contribution >= 4 is 11.9 Å². The van der Waals surface area contributed by atoms with Gasteiger partial charge in [-0.15, -0.1) is 0 Å². The summed E-state index contributed by atoms with van der Waals surface area (Å²) in [5, 5.41) is 18.9. The number of rotatable bonds is 9. The summed E-state index contributed by atoms with van der Waals surface area (Å²) in [5.41, 5.74) is 3.73. The zero-order chi connectivity index (χ0) is 23.8. The van der Waals surface area contributed by atoms with Crippen LogP contribution in [0, 0.1) is 0 Å². The highest BCUT2D eigenvalue weighted by Crippen LogP contribution is 2.26. The normalized spacial score (nSPS) is 10.8. The molecule has 0 radical (unpaired) electrons. The molecule has 0 aromatic heterocycles. The van der Waals surface area contributed by atoms with E-state index < -0.39 is 0 Å². The third-order valence-corrected chi connectivity index (χ3v) is 5.08. The molecule has 0 heterocycles. The first kappa shape index (κ1) is 22.7. The highest BCUT2D eigenvalue weighted by molar-refractivity contribution is 6.06. The molecule has 0 bridgehead atoms. The van der Waals surface area contributed by atoms with E-state index in [9.17, 15) is 15.0 Å². The van der Waals surface area contributed by atoms with Crippen molar-refractivity contribution in [2.45, 2.75) is 0 Å². The van der Waals surface area contributed by atoms with E-state index in [0.29, 0.717) is 23.7 Å². The Kier molecular flexibility index (Phi) is 7.25. The summed E-state index contributed by atoms with van der Waals surface area (Å²) in [5.74, 6) is 0.947. The van der Waals surface area contributed by atoms with E-state index in [1.807, 2.05) is 72.8 Å². The van der Waals surface area contributed by atoms with Gasteiger partial charge in [-0.1, -0.05) is 72.8 Å². The van der Waals surface area contributed by atoms with Crippen LogP contribution >= 0.6 is 0 Å². The van der Waals surface area contributed by atoms with Gasteiger partial charge in [-0.25, -0.2) is 0 Å². The van der Waals surface area contributed by atoms with Gasteiger partial charge in [-0.3, -0.25) is 4.79 Å². The zero-order valence-corrected chi connectivity index (χ0v) is 18.4. The van der Waals surface area contributed by atoms with Gasteiger partial charge in [0, 0.05) is 23.8 Å². The lowest BCUT2D eigenvalue weighted by Crippen LogP contribution is -2.08. The molecule has 170 valence electrons. The van der Waals surface area contributed by atoms with Crippen LogP contribution in [-0.4, -0.2) is 29.2 Å². The van der Waals surface area contributed by atoms with E-state index >= 15 is 0 Å². The second-order valence-electron chi connectivity index (χ2n) is 7.59. The predicted molar refractivity (Wildman–Crippen MR) is 132 cm³/mol. The second kappa shape index (κ2) is 10.9. The van der Waals surface area contributed by atoms with Gasteiger partial charge in [0.2, 0.25) is 0 Å². The molecule has 5 heteroatoms. The zero-order valence-electron chi connectivity index (χ0n) is 18.4. The lowest BCUT2D eigenvalue weighted by Gasteiger charge is -2.10. The molecule has 4 rings (SSSR count). The first-order valence-corrected chi connectivity index (χ1v) is 10.8. The lowest BCUT2D eigenvalue weighted by molar-refractivity contribution is 0.104. The van der Waals surface area contributed by atoms with Gasteiger partial charge in [0.05, 0.1) is 0 Å². The van der Waals surface area contributed by atoms with Crippen molar-refractivity contribution in [3.8, 4) is 34.1 Å². The van der Waals surface area contributed by atoms with E-state index in [0.717, 1.165) is 16.7 Å². The summed E-state index contributed by atoms with van der Waals surface area (Å²) in [6.45, 7) is 0.588. The van der Waals surface area contributed by atoms with Gasteiger partial charge in [-0.2, -0.15) is 0 Å². The van der Waals surface area contributed by atoms with Gasteiger partial charge in [0.25, 0.3) is 0 Å². The summed E-state index contributed by atoms with van der Waals surface area (Å²) >= 11 is 0. The average molecular weight is 453 g/mol. The minimum atomic E-state index is -0.0590. The summed E-state index contributed by atoms with van der Waals surface area (Å²) < 4.78 is 11.2. The Balaban J connectivity index is 1.28. The molecule has 34 heavy (non-hydrogen) atoms. The highest BCUT2D eigenvalue weighted by Gasteiger charge is 2.03. The van der Waals surface area contributed by atoms with Crippen LogP contribution in [0.5, 0.6) is 23.0 Å². The summed E-state index contributed by atoms with van der Waals surface area (Å²) in [4.78, 5) is 12.2. The molecule has 0 saturated carbocycles. The van der Waals surface area contributed by atoms with E-state index in [4.69, 9.17) is 9.47 Å². The third kappa shape index (κ3) is 6.26. The number of hydrogen-bond donors (Lipinski definition) is 2. The Labute approximate surface area is 198 Å². The fraction of sp³-hybridized carbons (Fsp3) is 0.0690. The van der Waals surface area contributed by atoms with Gasteiger partial charge in [0.15, 0.2) is 5.78 Å². The minimum absolute atomic E-state index is 0.0225. The van der Waals surface area contributed by atoms with Crippen molar-refractivity contribution in [1.82, 2.24) is 0 Å². The maximum absolute atomic E-state index is 12.2. The molecule has 0 atom stereocenters. The summed E-state index contributed by atoms with van der Waals surface area (Å²) in [6.07, 6.45) is 3.40. The number of carbonyl (C=O) groups is 1. The molecule has 0 fully saturated rings. The molecular formula is C29H24O5. The number of ketones is 1. The molecule has 4 aromatic carbocycles. The summed E-state index contributed by atoms with van der Waals surface area (Å²) in [7, 11) is 0. The fourth-order valence-electron chi connectivity index (χ4n) is 3.37. The average Bonchev–Trinajstić information content (AvgIpc) is 2.86. The van der Waals surface area contributed by atoms with E-state index in [-0.39, 0.29) is 23.9 Å². The number of phenols is 2. The molecule has 4 aromatic rings. The molecule has 0 spiro atoms. The topological polar surface area (TPSA) is 76.0 Å². The van der Waals surface area contributed by atoms with Crippen molar-refractivity contribution in [2.24, 2.45) is 0 Å². The Hall–Kier alpha value is -4.51. The first-order valence-electron chi connectivity index (χ1n) is 10.8. The Morgan fingerprint density at radius 1 is 0.676 bits per heavy atom. The number of hydrogen-bond acceptors (Lipinski definition) is 5. The van der Waals surface area contributed by atoms with E-state index in [2.05, 4.69) is 0 Å². The molecule has 0 amide bonds. The number of ether oxygens (including phenoxy) is 2. The van der Waals surface area contributed by atoms with Crippen molar-refractivity contribution < 1.29 is 24.5 Å². The van der Waals surface area contributed by atoms with Crippen LogP contribution in [0.2, 0.25) is 0 Å².